The lowest BCUT2D eigenvalue weighted by atomic mass is 9.82. The lowest BCUT2D eigenvalue weighted by Gasteiger charge is -2.27. The molecule has 7 heteroatoms. The summed E-state index contributed by atoms with van der Waals surface area (Å²) in [7, 11) is 0. The van der Waals surface area contributed by atoms with Gasteiger partial charge >= 0.3 is 12.3 Å². The van der Waals surface area contributed by atoms with Crippen LogP contribution in [0.4, 0.5) is 13.2 Å². The first-order valence-corrected chi connectivity index (χ1v) is 7.01. The van der Waals surface area contributed by atoms with Gasteiger partial charge in [-0.3, -0.25) is 4.79 Å². The molecule has 0 heterocycles. The third-order valence-electron chi connectivity index (χ3n) is 3.73. The minimum atomic E-state index is -4.73. The minimum absolute atomic E-state index is 0.250. The summed E-state index contributed by atoms with van der Waals surface area (Å²) in [6.45, 7) is 4.12. The lowest BCUT2D eigenvalue weighted by molar-refractivity contribution is -0.274. The Labute approximate surface area is 127 Å². The Morgan fingerprint density at radius 3 is 2.41 bits per heavy atom. The number of aliphatic carboxylic acids is 1. The summed E-state index contributed by atoms with van der Waals surface area (Å²) in [5.41, 5.74) is -0.270. The Balaban J connectivity index is 2.65. The van der Waals surface area contributed by atoms with Gasteiger partial charge in [-0.15, -0.1) is 13.2 Å². The molecular weight excluding hydrogens is 299 g/mol. The van der Waals surface area contributed by atoms with Gasteiger partial charge in [0, 0.05) is 13.1 Å². The quantitative estimate of drug-likeness (QED) is 0.769. The molecule has 0 aliphatic heterocycles. The maximum Gasteiger partial charge on any atom is 0.573 e. The highest BCUT2D eigenvalue weighted by Gasteiger charge is 2.34. The Bertz CT molecular complexity index is 499. The van der Waals surface area contributed by atoms with Gasteiger partial charge in [0.1, 0.15) is 5.75 Å². The second-order valence-electron chi connectivity index (χ2n) is 5.09. The molecule has 0 saturated heterocycles. The number of hydrogen-bond acceptors (Lipinski definition) is 3. The summed E-state index contributed by atoms with van der Waals surface area (Å²) >= 11 is 0. The number of rotatable bonds is 8. The first-order chi connectivity index (χ1) is 10.2. The Morgan fingerprint density at radius 2 is 1.91 bits per heavy atom. The van der Waals surface area contributed by atoms with Gasteiger partial charge in [0.15, 0.2) is 0 Å². The van der Waals surface area contributed by atoms with Gasteiger partial charge in [-0.2, -0.15) is 0 Å². The molecule has 124 valence electrons. The van der Waals surface area contributed by atoms with E-state index in [-0.39, 0.29) is 18.8 Å². The van der Waals surface area contributed by atoms with Crippen LogP contribution in [-0.2, 0) is 11.3 Å². The van der Waals surface area contributed by atoms with Crippen molar-refractivity contribution < 1.29 is 27.8 Å². The van der Waals surface area contributed by atoms with Crippen LogP contribution >= 0.6 is 0 Å². The van der Waals surface area contributed by atoms with Crippen molar-refractivity contribution in [3.63, 3.8) is 0 Å². The van der Waals surface area contributed by atoms with E-state index >= 15 is 0 Å². The van der Waals surface area contributed by atoms with Crippen LogP contribution in [0.5, 0.6) is 5.75 Å². The molecule has 0 saturated carbocycles. The van der Waals surface area contributed by atoms with Gasteiger partial charge < -0.3 is 15.2 Å². The topological polar surface area (TPSA) is 58.6 Å². The van der Waals surface area contributed by atoms with Crippen molar-refractivity contribution in [2.75, 3.05) is 6.54 Å². The van der Waals surface area contributed by atoms with Gasteiger partial charge in [0.2, 0.25) is 0 Å². The molecule has 0 aromatic heterocycles. The fourth-order valence-electron chi connectivity index (χ4n) is 2.18. The van der Waals surface area contributed by atoms with Crippen molar-refractivity contribution in [2.24, 2.45) is 5.41 Å². The number of carboxylic acids is 1. The molecule has 0 amide bonds. The van der Waals surface area contributed by atoms with E-state index in [4.69, 9.17) is 0 Å². The van der Waals surface area contributed by atoms with Gasteiger partial charge in [-0.25, -0.2) is 0 Å². The van der Waals surface area contributed by atoms with E-state index in [1.165, 1.54) is 18.2 Å². The lowest BCUT2D eigenvalue weighted by Crippen LogP contribution is -2.40. The van der Waals surface area contributed by atoms with Crippen LogP contribution in [0.3, 0.4) is 0 Å². The number of ether oxygens (including phenoxy) is 1. The predicted molar refractivity (Wildman–Crippen MR) is 75.5 cm³/mol. The molecular formula is C15H20F3NO3. The van der Waals surface area contributed by atoms with E-state index in [9.17, 15) is 23.1 Å². The highest BCUT2D eigenvalue weighted by atomic mass is 19.4. The molecule has 2 N–H and O–H groups in total. The fraction of sp³-hybridized carbons (Fsp3) is 0.533. The maximum absolute atomic E-state index is 12.2. The third kappa shape index (κ3) is 5.22. The second kappa shape index (κ2) is 7.49. The van der Waals surface area contributed by atoms with E-state index in [0.29, 0.717) is 18.4 Å². The van der Waals surface area contributed by atoms with Crippen molar-refractivity contribution in [2.45, 2.75) is 39.6 Å². The van der Waals surface area contributed by atoms with Crippen LogP contribution in [0.25, 0.3) is 0 Å². The molecule has 0 bridgehead atoms. The molecule has 0 fully saturated rings. The predicted octanol–water partition coefficient (Wildman–Crippen LogP) is 3.57. The number of halogens is 3. The van der Waals surface area contributed by atoms with Crippen LogP contribution < -0.4 is 10.1 Å². The summed E-state index contributed by atoms with van der Waals surface area (Å²) < 4.78 is 40.3. The molecule has 0 spiro atoms. The highest BCUT2D eigenvalue weighted by molar-refractivity contribution is 5.74. The van der Waals surface area contributed by atoms with Gasteiger partial charge in [-0.1, -0.05) is 26.0 Å². The smallest absolute Gasteiger partial charge is 0.481 e. The van der Waals surface area contributed by atoms with Crippen molar-refractivity contribution >= 4 is 5.97 Å². The average Bonchev–Trinajstić information content (AvgIpc) is 2.42. The zero-order valence-electron chi connectivity index (χ0n) is 12.5. The molecule has 1 rings (SSSR count). The second-order valence-corrected chi connectivity index (χ2v) is 5.09. The Kier molecular flexibility index (Phi) is 6.22. The molecule has 1 aromatic rings. The van der Waals surface area contributed by atoms with Gasteiger partial charge in [0.25, 0.3) is 0 Å². The summed E-state index contributed by atoms with van der Waals surface area (Å²) in [4.78, 5) is 11.4. The number of carbonyl (C=O) groups is 1. The molecule has 0 aliphatic rings. The molecule has 4 nitrogen and oxygen atoms in total. The van der Waals surface area contributed by atoms with E-state index in [1.807, 2.05) is 0 Å². The van der Waals surface area contributed by atoms with Gasteiger partial charge in [0.05, 0.1) is 5.41 Å². The first kappa shape index (κ1) is 18.3. The first-order valence-electron chi connectivity index (χ1n) is 7.01. The molecule has 22 heavy (non-hydrogen) atoms. The SMILES string of the molecule is CCC(CC)(CNCc1cccc(OC(F)(F)F)c1)C(=O)O. The van der Waals surface area contributed by atoms with Crippen LogP contribution in [0.2, 0.25) is 0 Å². The summed E-state index contributed by atoms with van der Waals surface area (Å²) in [5, 5.41) is 12.3. The van der Waals surface area contributed by atoms with Crippen LogP contribution in [0, 0.1) is 5.41 Å². The monoisotopic (exact) mass is 319 g/mol. The van der Waals surface area contributed by atoms with E-state index < -0.39 is 17.7 Å². The summed E-state index contributed by atoms with van der Waals surface area (Å²) in [6, 6.07) is 5.61. The largest absolute Gasteiger partial charge is 0.573 e. The van der Waals surface area contributed by atoms with Crippen molar-refractivity contribution in [1.29, 1.82) is 0 Å². The number of carboxylic acid groups (broad SMARTS) is 1. The molecule has 0 unspecified atom stereocenters. The van der Waals surface area contributed by atoms with Crippen molar-refractivity contribution in [1.82, 2.24) is 5.32 Å². The number of alkyl halides is 3. The summed E-state index contributed by atoms with van der Waals surface area (Å²) in [5.74, 6) is -1.17. The van der Waals surface area contributed by atoms with E-state index in [0.717, 1.165) is 0 Å². The summed E-state index contributed by atoms with van der Waals surface area (Å²) in [6.07, 6.45) is -3.78. The van der Waals surface area contributed by atoms with E-state index in [1.54, 1.807) is 19.9 Å². The van der Waals surface area contributed by atoms with Crippen LogP contribution in [-0.4, -0.2) is 24.0 Å². The molecule has 1 aromatic carbocycles. The number of benzene rings is 1. The van der Waals surface area contributed by atoms with Gasteiger partial charge in [-0.05, 0) is 30.5 Å². The van der Waals surface area contributed by atoms with E-state index in [2.05, 4.69) is 10.1 Å². The molecule has 0 radical (unpaired) electrons. The number of nitrogens with one attached hydrogen (secondary N) is 1. The number of hydrogen-bond donors (Lipinski definition) is 2. The zero-order valence-corrected chi connectivity index (χ0v) is 12.5. The Hall–Kier alpha value is -1.76. The fourth-order valence-corrected chi connectivity index (χ4v) is 2.18. The molecule has 0 aliphatic carbocycles. The van der Waals surface area contributed by atoms with Crippen LogP contribution in [0.1, 0.15) is 32.3 Å². The normalized spacial score (nSPS) is 12.2. The maximum atomic E-state index is 12.2. The molecule has 0 atom stereocenters. The minimum Gasteiger partial charge on any atom is -0.481 e. The van der Waals surface area contributed by atoms with Crippen molar-refractivity contribution in [3.05, 3.63) is 29.8 Å². The van der Waals surface area contributed by atoms with Crippen molar-refractivity contribution in [3.8, 4) is 5.75 Å². The Morgan fingerprint density at radius 1 is 1.27 bits per heavy atom. The highest BCUT2D eigenvalue weighted by Crippen LogP contribution is 2.26. The standard InChI is InChI=1S/C15H20F3NO3/c1-3-14(4-2,13(20)21)10-19-9-11-6-5-7-12(8-11)22-15(16,17)18/h5-8,19H,3-4,9-10H2,1-2H3,(H,20,21). The van der Waals surface area contributed by atoms with Crippen LogP contribution in [0.15, 0.2) is 24.3 Å². The third-order valence-corrected chi connectivity index (χ3v) is 3.73. The average molecular weight is 319 g/mol. The zero-order chi connectivity index (χ0) is 16.8.